The molecule has 0 radical (unpaired) electrons. The second-order valence-electron chi connectivity index (χ2n) is 6.43. The van der Waals surface area contributed by atoms with Crippen molar-refractivity contribution in [1.82, 2.24) is 13.7 Å². The lowest BCUT2D eigenvalue weighted by atomic mass is 10.2. The van der Waals surface area contributed by atoms with Gasteiger partial charge in [0.25, 0.3) is 0 Å². The number of rotatable bonds is 12. The van der Waals surface area contributed by atoms with Crippen LogP contribution in [-0.4, -0.2) is 31.9 Å². The quantitative estimate of drug-likeness (QED) is 0.364. The molecule has 162 valence electrons. The molecule has 1 heterocycles. The molecule has 0 fully saturated rings. The molecule has 30 heavy (non-hydrogen) atoms. The van der Waals surface area contributed by atoms with Crippen LogP contribution in [0.15, 0.2) is 29.4 Å². The van der Waals surface area contributed by atoms with E-state index in [2.05, 4.69) is 15.0 Å². The average molecular weight is 420 g/mol. The summed E-state index contributed by atoms with van der Waals surface area (Å²) < 4.78 is 1.88. The number of isocyanates is 3. The Bertz CT molecular complexity index is 887. The van der Waals surface area contributed by atoms with Crippen LogP contribution in [0.3, 0.4) is 0 Å². The van der Waals surface area contributed by atoms with Crippen molar-refractivity contribution in [2.24, 2.45) is 15.0 Å². The maximum absolute atomic E-state index is 13.1. The largest absolute Gasteiger partial charge is 0.339 e. The topological polar surface area (TPSA) is 154 Å². The number of hydrogen-bond acceptors (Lipinski definition) is 9. The predicted octanol–water partition coefficient (Wildman–Crippen LogP) is 1.08. The molecule has 0 amide bonds. The van der Waals surface area contributed by atoms with Gasteiger partial charge in [-0.05, 0) is 19.3 Å². The molecule has 0 spiro atoms. The maximum atomic E-state index is 13.1. The van der Waals surface area contributed by atoms with Gasteiger partial charge in [0, 0.05) is 0 Å². The molecule has 0 aliphatic carbocycles. The van der Waals surface area contributed by atoms with Crippen molar-refractivity contribution in [1.29, 1.82) is 0 Å². The molecule has 12 heteroatoms. The molecule has 3 atom stereocenters. The van der Waals surface area contributed by atoms with Gasteiger partial charge in [-0.3, -0.25) is 0 Å². The lowest BCUT2D eigenvalue weighted by molar-refractivity contribution is 0.316. The van der Waals surface area contributed by atoms with E-state index in [1.807, 2.05) is 0 Å². The Morgan fingerprint density at radius 3 is 1.00 bits per heavy atom. The zero-order valence-corrected chi connectivity index (χ0v) is 17.1. The molecule has 0 saturated heterocycles. The second kappa shape index (κ2) is 12.2. The Balaban J connectivity index is 4.16. The summed E-state index contributed by atoms with van der Waals surface area (Å²) in [6, 6.07) is 0. The first-order valence-corrected chi connectivity index (χ1v) is 9.63. The number of nitrogens with zero attached hydrogens (tertiary/aromatic N) is 6. The van der Waals surface area contributed by atoms with Crippen LogP contribution in [-0.2, 0) is 14.4 Å². The minimum Gasteiger partial charge on any atom is -0.247 e. The van der Waals surface area contributed by atoms with E-state index in [1.54, 1.807) is 20.8 Å². The van der Waals surface area contributed by atoms with Crippen molar-refractivity contribution in [3.8, 4) is 0 Å². The van der Waals surface area contributed by atoms with Gasteiger partial charge in [-0.2, -0.15) is 15.0 Å². The van der Waals surface area contributed by atoms with Gasteiger partial charge in [0.05, 0.1) is 0 Å². The van der Waals surface area contributed by atoms with Crippen LogP contribution < -0.4 is 17.1 Å². The van der Waals surface area contributed by atoms with E-state index in [0.29, 0.717) is 33.0 Å². The Hall–Kier alpha value is -3.45. The SMILES string of the molecule is CCCC(N=C=O)n1c(=O)n(C(CCC)N=C=O)c(=O)n(C(CCC)N=C=O)c1=O. The van der Waals surface area contributed by atoms with Gasteiger partial charge < -0.3 is 0 Å². The molecule has 3 unspecified atom stereocenters. The molecular formula is C18H24N6O6. The smallest absolute Gasteiger partial charge is 0.247 e. The van der Waals surface area contributed by atoms with E-state index in [-0.39, 0.29) is 19.3 Å². The minimum atomic E-state index is -1.23. The molecule has 0 aliphatic rings. The second-order valence-corrected chi connectivity index (χ2v) is 6.43. The molecule has 0 saturated carbocycles. The van der Waals surface area contributed by atoms with Crippen LogP contribution in [0.5, 0.6) is 0 Å². The molecule has 0 N–H and O–H groups in total. The predicted molar refractivity (Wildman–Crippen MR) is 105 cm³/mol. The van der Waals surface area contributed by atoms with E-state index < -0.39 is 35.6 Å². The summed E-state index contributed by atoms with van der Waals surface area (Å²) in [6.07, 6.45) is 2.06. The summed E-state index contributed by atoms with van der Waals surface area (Å²) in [6.45, 7) is 5.25. The molecule has 0 aromatic carbocycles. The lowest BCUT2D eigenvalue weighted by Gasteiger charge is -2.22. The van der Waals surface area contributed by atoms with Crippen LogP contribution in [0.25, 0.3) is 0 Å². The van der Waals surface area contributed by atoms with E-state index >= 15 is 0 Å². The minimum absolute atomic E-state index is 0.132. The van der Waals surface area contributed by atoms with Crippen molar-refractivity contribution in [2.45, 2.75) is 77.8 Å². The monoisotopic (exact) mass is 420 g/mol. The van der Waals surface area contributed by atoms with Gasteiger partial charge in [-0.1, -0.05) is 40.0 Å². The highest BCUT2D eigenvalue weighted by atomic mass is 16.2. The van der Waals surface area contributed by atoms with Crippen LogP contribution >= 0.6 is 0 Å². The fraction of sp³-hybridized carbons (Fsp3) is 0.667. The van der Waals surface area contributed by atoms with Crippen LogP contribution in [0.2, 0.25) is 0 Å². The number of aliphatic imine (C=N–C) groups is 3. The third-order valence-electron chi connectivity index (χ3n) is 4.38. The van der Waals surface area contributed by atoms with Crippen LogP contribution in [0.4, 0.5) is 0 Å². The Morgan fingerprint density at radius 2 is 0.833 bits per heavy atom. The first-order valence-electron chi connectivity index (χ1n) is 9.63. The normalized spacial score (nSPS) is 13.3. The van der Waals surface area contributed by atoms with Crippen molar-refractivity contribution >= 4 is 18.2 Å². The molecule has 0 aliphatic heterocycles. The fourth-order valence-electron chi connectivity index (χ4n) is 3.07. The van der Waals surface area contributed by atoms with Crippen LogP contribution in [0.1, 0.15) is 77.8 Å². The lowest BCUT2D eigenvalue weighted by Crippen LogP contribution is -2.57. The van der Waals surface area contributed by atoms with Gasteiger partial charge >= 0.3 is 17.1 Å². The van der Waals surface area contributed by atoms with E-state index in [4.69, 9.17) is 0 Å². The highest BCUT2D eigenvalue weighted by Gasteiger charge is 2.28. The third-order valence-corrected chi connectivity index (χ3v) is 4.38. The van der Waals surface area contributed by atoms with Gasteiger partial charge in [-0.25, -0.2) is 42.5 Å². The molecular weight excluding hydrogens is 396 g/mol. The Kier molecular flexibility index (Phi) is 9.99. The highest BCUT2D eigenvalue weighted by molar-refractivity contribution is 5.34. The van der Waals surface area contributed by atoms with Crippen molar-refractivity contribution in [2.75, 3.05) is 0 Å². The number of aromatic nitrogens is 3. The summed E-state index contributed by atoms with van der Waals surface area (Å²) in [7, 11) is 0. The highest BCUT2D eigenvalue weighted by Crippen LogP contribution is 2.15. The summed E-state index contributed by atoms with van der Waals surface area (Å²) in [5.41, 5.74) is -3.25. The van der Waals surface area contributed by atoms with Crippen molar-refractivity contribution in [3.63, 3.8) is 0 Å². The third kappa shape index (κ3) is 5.33. The van der Waals surface area contributed by atoms with E-state index in [1.165, 1.54) is 18.2 Å². The fourth-order valence-corrected chi connectivity index (χ4v) is 3.07. The standard InChI is InChI=1S/C18H24N6O6/c1-4-7-13(19-10-25)22-16(28)23(14(8-5-2)20-11-26)18(30)24(17(22)29)15(9-6-3)21-12-27/h13-15H,4-9H2,1-3H3. The molecule has 12 nitrogen and oxygen atoms in total. The van der Waals surface area contributed by atoms with Gasteiger partial charge in [0.15, 0.2) is 0 Å². The summed E-state index contributed by atoms with van der Waals surface area (Å²) >= 11 is 0. The van der Waals surface area contributed by atoms with Crippen molar-refractivity contribution in [3.05, 3.63) is 31.5 Å². The molecule has 1 aromatic rings. The van der Waals surface area contributed by atoms with Gasteiger partial charge in [-0.15, -0.1) is 0 Å². The first-order chi connectivity index (χ1) is 14.4. The molecule has 0 bridgehead atoms. The van der Waals surface area contributed by atoms with E-state index in [0.717, 1.165) is 0 Å². The number of hydrogen-bond donors (Lipinski definition) is 0. The summed E-state index contributed by atoms with van der Waals surface area (Å²) in [5.74, 6) is 0. The van der Waals surface area contributed by atoms with Gasteiger partial charge in [0.1, 0.15) is 18.5 Å². The zero-order valence-electron chi connectivity index (χ0n) is 17.1. The van der Waals surface area contributed by atoms with Gasteiger partial charge in [0.2, 0.25) is 18.2 Å². The first kappa shape index (κ1) is 24.6. The molecule has 1 aromatic heterocycles. The zero-order chi connectivity index (χ0) is 22.7. The van der Waals surface area contributed by atoms with E-state index in [9.17, 15) is 28.8 Å². The molecule has 1 rings (SSSR count). The summed E-state index contributed by atoms with van der Waals surface area (Å²) in [4.78, 5) is 82.6. The van der Waals surface area contributed by atoms with Crippen molar-refractivity contribution < 1.29 is 14.4 Å². The Labute approximate surface area is 171 Å². The maximum Gasteiger partial charge on any atom is 0.339 e. The number of carbonyl (C=O) groups excluding carboxylic acids is 3. The van der Waals surface area contributed by atoms with Crippen LogP contribution in [0, 0.1) is 0 Å². The summed E-state index contributed by atoms with van der Waals surface area (Å²) in [5, 5.41) is 0. The Morgan fingerprint density at radius 1 is 0.600 bits per heavy atom. The average Bonchev–Trinajstić information content (AvgIpc) is 2.69.